The predicted octanol–water partition coefficient (Wildman–Crippen LogP) is 5.94. The lowest BCUT2D eigenvalue weighted by Gasteiger charge is -2.35. The van der Waals surface area contributed by atoms with Gasteiger partial charge in [-0.3, -0.25) is 4.90 Å². The molecule has 2 aromatic carbocycles. The highest BCUT2D eigenvalue weighted by Gasteiger charge is 2.49. The first-order chi connectivity index (χ1) is 20.0. The summed E-state index contributed by atoms with van der Waals surface area (Å²) in [6, 6.07) is 10.7. The molecule has 1 unspecified atom stereocenters. The van der Waals surface area contributed by atoms with Crippen LogP contribution in [0.1, 0.15) is 67.8 Å². The Morgan fingerprint density at radius 3 is 2.80 bits per heavy atom. The molecule has 6 heterocycles. The van der Waals surface area contributed by atoms with Gasteiger partial charge in [-0.15, -0.1) is 0 Å². The van der Waals surface area contributed by atoms with Crippen LogP contribution >= 0.6 is 11.6 Å². The summed E-state index contributed by atoms with van der Waals surface area (Å²) < 4.78 is 35.4. The third kappa shape index (κ3) is 4.48. The lowest BCUT2D eigenvalue weighted by molar-refractivity contribution is 0.106. The number of benzene rings is 2. The van der Waals surface area contributed by atoms with E-state index in [0.717, 1.165) is 73.0 Å². The lowest BCUT2D eigenvalue weighted by atomic mass is 9.85. The fourth-order valence-corrected chi connectivity index (χ4v) is 8.80. The smallest absolute Gasteiger partial charge is 0.316 e. The zero-order valence-electron chi connectivity index (χ0n) is 23.2. The van der Waals surface area contributed by atoms with E-state index in [1.54, 1.807) is 6.07 Å². The van der Waals surface area contributed by atoms with E-state index in [-0.39, 0.29) is 10.6 Å². The van der Waals surface area contributed by atoms with Crippen LogP contribution in [0.5, 0.6) is 6.01 Å². The van der Waals surface area contributed by atoms with Gasteiger partial charge in [-0.25, -0.2) is 8.78 Å². The van der Waals surface area contributed by atoms with Crippen LogP contribution in [-0.4, -0.2) is 64.9 Å². The zero-order valence-corrected chi connectivity index (χ0v) is 24.0. The first-order valence-corrected chi connectivity index (χ1v) is 15.6. The summed E-state index contributed by atoms with van der Waals surface area (Å²) in [7, 11) is 0. The van der Waals surface area contributed by atoms with Gasteiger partial charge < -0.3 is 15.0 Å². The second-order valence-electron chi connectivity index (χ2n) is 12.9. The summed E-state index contributed by atoms with van der Waals surface area (Å²) in [6.07, 6.45) is 7.20. The van der Waals surface area contributed by atoms with E-state index >= 15 is 0 Å². The van der Waals surface area contributed by atoms with Crippen LogP contribution in [-0.2, 0) is 13.0 Å². The van der Waals surface area contributed by atoms with Crippen molar-refractivity contribution in [2.45, 2.75) is 87.6 Å². The highest BCUT2D eigenvalue weighted by Crippen LogP contribution is 2.43. The molecule has 0 aliphatic carbocycles. The molecule has 1 N–H and O–H groups in total. The van der Waals surface area contributed by atoms with Crippen molar-refractivity contribution in [3.63, 3.8) is 0 Å². The van der Waals surface area contributed by atoms with E-state index in [2.05, 4.69) is 15.1 Å². The van der Waals surface area contributed by atoms with E-state index in [4.69, 9.17) is 26.3 Å². The summed E-state index contributed by atoms with van der Waals surface area (Å²) in [4.78, 5) is 14.6. The highest BCUT2D eigenvalue weighted by molar-refractivity contribution is 6.36. The van der Waals surface area contributed by atoms with Crippen molar-refractivity contribution in [3.05, 3.63) is 58.1 Å². The average molecular weight is 580 g/mol. The van der Waals surface area contributed by atoms with Crippen molar-refractivity contribution < 1.29 is 13.5 Å². The Kier molecular flexibility index (Phi) is 6.38. The molecular weight excluding hydrogens is 544 g/mol. The number of halogens is 3. The largest absolute Gasteiger partial charge is 0.461 e. The Balaban J connectivity index is 1.15. The summed E-state index contributed by atoms with van der Waals surface area (Å²) >= 11 is 6.51. The number of piperidine rings is 1. The normalized spacial score (nSPS) is 31.0. The van der Waals surface area contributed by atoms with Gasteiger partial charge in [-0.1, -0.05) is 29.8 Å². The molecule has 3 aromatic rings. The van der Waals surface area contributed by atoms with Crippen molar-refractivity contribution in [2.24, 2.45) is 0 Å². The monoisotopic (exact) mass is 579 g/mol. The summed E-state index contributed by atoms with van der Waals surface area (Å²) in [5, 5.41) is 5.57. The lowest BCUT2D eigenvalue weighted by Crippen LogP contribution is -2.43. The molecule has 1 aromatic heterocycles. The van der Waals surface area contributed by atoms with E-state index in [9.17, 15) is 8.78 Å². The number of alkyl halides is 1. The second-order valence-corrected chi connectivity index (χ2v) is 13.3. The van der Waals surface area contributed by atoms with E-state index in [0.29, 0.717) is 50.1 Å². The molecule has 9 heteroatoms. The molecule has 2 bridgehead atoms. The molecule has 6 nitrogen and oxygen atoms in total. The minimum atomic E-state index is -0.796. The van der Waals surface area contributed by atoms with Crippen molar-refractivity contribution >= 4 is 28.1 Å². The van der Waals surface area contributed by atoms with Gasteiger partial charge >= 0.3 is 6.01 Å². The van der Waals surface area contributed by atoms with Gasteiger partial charge in [0.1, 0.15) is 18.6 Å². The van der Waals surface area contributed by atoms with Crippen molar-refractivity contribution in [1.82, 2.24) is 20.2 Å². The Morgan fingerprint density at radius 2 is 1.95 bits per heavy atom. The first-order valence-electron chi connectivity index (χ1n) is 15.3. The van der Waals surface area contributed by atoms with Gasteiger partial charge in [0.2, 0.25) is 0 Å². The zero-order chi connectivity index (χ0) is 27.7. The number of ether oxygens (including phenoxy) is 1. The van der Waals surface area contributed by atoms with Crippen LogP contribution < -0.4 is 15.0 Å². The van der Waals surface area contributed by atoms with Gasteiger partial charge in [-0.05, 0) is 74.6 Å². The molecule has 5 aliphatic heterocycles. The van der Waals surface area contributed by atoms with Crippen LogP contribution in [0.25, 0.3) is 10.8 Å². The predicted molar refractivity (Wildman–Crippen MR) is 156 cm³/mol. The van der Waals surface area contributed by atoms with E-state index < -0.39 is 12.0 Å². The average Bonchev–Trinajstić information content (AvgIpc) is 3.63. The number of aromatic nitrogens is 2. The molecular formula is C32H36ClF2N5O. The third-order valence-corrected chi connectivity index (χ3v) is 10.8. The molecule has 8 rings (SSSR count). The molecule has 0 radical (unpaired) electrons. The SMILES string of the molecule is Fc1ccc2cccc(N3CCc4c(nc(OC[C@@]56CCCN5C[C@H](F)C6)nc4C4C[C@H]5CC[C@@H](C4)N5)C3)c2c1Cl. The molecule has 5 atom stereocenters. The second kappa shape index (κ2) is 10.0. The maximum atomic E-state index is 14.5. The number of nitrogens with zero attached hydrogens (tertiary/aromatic N) is 4. The number of anilines is 1. The molecule has 4 fully saturated rings. The minimum Gasteiger partial charge on any atom is -0.461 e. The quantitative estimate of drug-likeness (QED) is 0.404. The summed E-state index contributed by atoms with van der Waals surface area (Å²) in [6.45, 7) is 3.21. The topological polar surface area (TPSA) is 53.5 Å². The number of hydrogen-bond donors (Lipinski definition) is 1. The van der Waals surface area contributed by atoms with E-state index in [1.165, 1.54) is 24.5 Å². The third-order valence-electron chi connectivity index (χ3n) is 10.4. The maximum absolute atomic E-state index is 14.5. The van der Waals surface area contributed by atoms with Crippen molar-refractivity contribution in [1.29, 1.82) is 0 Å². The van der Waals surface area contributed by atoms with Gasteiger partial charge in [0.05, 0.1) is 28.5 Å². The van der Waals surface area contributed by atoms with Gasteiger partial charge in [-0.2, -0.15) is 9.97 Å². The van der Waals surface area contributed by atoms with Crippen LogP contribution in [0, 0.1) is 5.82 Å². The molecule has 5 aliphatic rings. The highest BCUT2D eigenvalue weighted by atomic mass is 35.5. The molecule has 41 heavy (non-hydrogen) atoms. The van der Waals surface area contributed by atoms with Gasteiger partial charge in [0, 0.05) is 48.6 Å². The molecule has 0 spiro atoms. The van der Waals surface area contributed by atoms with Crippen LogP contribution in [0.15, 0.2) is 30.3 Å². The number of rotatable bonds is 5. The minimum absolute atomic E-state index is 0.157. The molecule has 4 saturated heterocycles. The van der Waals surface area contributed by atoms with Crippen LogP contribution in [0.2, 0.25) is 5.02 Å². The van der Waals surface area contributed by atoms with Gasteiger partial charge in [0.25, 0.3) is 0 Å². The summed E-state index contributed by atoms with van der Waals surface area (Å²) in [5.41, 5.74) is 4.02. The van der Waals surface area contributed by atoms with Crippen molar-refractivity contribution in [3.8, 4) is 6.01 Å². The summed E-state index contributed by atoms with van der Waals surface area (Å²) in [5.74, 6) is -0.0315. The molecule has 216 valence electrons. The first kappa shape index (κ1) is 26.1. The maximum Gasteiger partial charge on any atom is 0.316 e. The fourth-order valence-electron chi connectivity index (χ4n) is 8.53. The van der Waals surface area contributed by atoms with Crippen molar-refractivity contribution in [2.75, 3.05) is 31.1 Å². The molecule has 0 amide bonds. The Bertz CT molecular complexity index is 1490. The number of hydrogen-bond acceptors (Lipinski definition) is 6. The standard InChI is InChI=1S/C32H36ClF2N5O/c33-29-25(35)8-5-19-3-1-4-27(28(19)29)39-12-9-24-26(17-39)37-31(38-30(24)20-13-22-6-7-23(14-20)36-22)41-18-32-10-2-11-40(32)16-21(34)15-32/h1,3-5,8,20-23,36H,2,6-7,9-18H2/t20?,21-,22-,23+,32+/m1/s1. The Morgan fingerprint density at radius 1 is 1.10 bits per heavy atom. The van der Waals surface area contributed by atoms with Crippen LogP contribution in [0.3, 0.4) is 0 Å². The Labute approximate surface area is 244 Å². The van der Waals surface area contributed by atoms with Crippen LogP contribution in [0.4, 0.5) is 14.5 Å². The van der Waals surface area contributed by atoms with E-state index in [1.807, 2.05) is 18.2 Å². The molecule has 0 saturated carbocycles. The fraction of sp³-hybridized carbons (Fsp3) is 0.562. The number of nitrogens with one attached hydrogen (secondary N) is 1. The van der Waals surface area contributed by atoms with Gasteiger partial charge in [0.15, 0.2) is 0 Å². The number of fused-ring (bicyclic) bond motifs is 5. The Hall–Kier alpha value is -2.55.